The van der Waals surface area contributed by atoms with E-state index >= 15 is 0 Å². The third-order valence-electron chi connectivity index (χ3n) is 5.69. The van der Waals surface area contributed by atoms with Gasteiger partial charge >= 0.3 is 0 Å². The van der Waals surface area contributed by atoms with E-state index in [0.717, 1.165) is 48.5 Å². The molecular formula is C21H28BrNO2. The highest BCUT2D eigenvalue weighted by Gasteiger charge is 2.27. The van der Waals surface area contributed by atoms with Crippen molar-refractivity contribution in [3.05, 3.63) is 29.3 Å². The molecule has 1 amide bonds. The van der Waals surface area contributed by atoms with Gasteiger partial charge in [-0.3, -0.25) is 9.59 Å². The summed E-state index contributed by atoms with van der Waals surface area (Å²) in [6.07, 6.45) is 9.92. The van der Waals surface area contributed by atoms with Gasteiger partial charge in [-0.15, -0.1) is 0 Å². The number of amides is 1. The molecule has 3 rings (SSSR count). The summed E-state index contributed by atoms with van der Waals surface area (Å²) in [5, 5.41) is 0. The zero-order chi connectivity index (χ0) is 17.8. The lowest BCUT2D eigenvalue weighted by molar-refractivity contribution is -0.118. The van der Waals surface area contributed by atoms with Crippen LogP contribution < -0.4 is 4.90 Å². The molecule has 1 aromatic carbocycles. The molecule has 3 nitrogen and oxygen atoms in total. The summed E-state index contributed by atoms with van der Waals surface area (Å²) in [5.74, 6) is 1.12. The first kappa shape index (κ1) is 18.6. The van der Waals surface area contributed by atoms with Gasteiger partial charge in [0, 0.05) is 24.2 Å². The summed E-state index contributed by atoms with van der Waals surface area (Å²) < 4.78 is 0. The topological polar surface area (TPSA) is 37.4 Å². The summed E-state index contributed by atoms with van der Waals surface area (Å²) in [7, 11) is 0. The number of rotatable bonds is 6. The number of carbonyl (C=O) groups is 2. The number of ketones is 1. The summed E-state index contributed by atoms with van der Waals surface area (Å²) in [4.78, 5) is 26.8. The van der Waals surface area contributed by atoms with Gasteiger partial charge in [-0.25, -0.2) is 0 Å². The molecule has 1 aromatic rings. The lowest BCUT2D eigenvalue weighted by Gasteiger charge is -2.23. The van der Waals surface area contributed by atoms with Gasteiger partial charge in [-0.05, 0) is 48.9 Å². The summed E-state index contributed by atoms with van der Waals surface area (Å²) >= 11 is 3.44. The average Bonchev–Trinajstić information content (AvgIpc) is 3.09. The van der Waals surface area contributed by atoms with Crippen LogP contribution in [0.5, 0.6) is 0 Å². The standard InChI is InChI=1S/C21H28BrNO2/c1-2-18(22)21(25)17-9-10-19-16(14-17)12-13-23(19)20(24)11-8-15-6-4-3-5-7-15/h9-10,14-15,18H,2-8,11-13H2,1H3. The zero-order valence-corrected chi connectivity index (χ0v) is 16.7. The second-order valence-electron chi connectivity index (χ2n) is 7.42. The van der Waals surface area contributed by atoms with E-state index in [2.05, 4.69) is 15.9 Å². The Morgan fingerprint density at radius 3 is 2.72 bits per heavy atom. The Morgan fingerprint density at radius 2 is 2.00 bits per heavy atom. The smallest absolute Gasteiger partial charge is 0.227 e. The van der Waals surface area contributed by atoms with Crippen molar-refractivity contribution in [2.24, 2.45) is 5.92 Å². The minimum Gasteiger partial charge on any atom is -0.312 e. The molecule has 1 aliphatic carbocycles. The van der Waals surface area contributed by atoms with Gasteiger partial charge in [-0.2, -0.15) is 0 Å². The number of alkyl halides is 1. The first-order chi connectivity index (χ1) is 12.1. The van der Waals surface area contributed by atoms with E-state index in [1.165, 1.54) is 32.1 Å². The second kappa shape index (κ2) is 8.48. The van der Waals surface area contributed by atoms with Crippen molar-refractivity contribution in [1.29, 1.82) is 0 Å². The van der Waals surface area contributed by atoms with Crippen LogP contribution in [0.2, 0.25) is 0 Å². The van der Waals surface area contributed by atoms with Crippen molar-refractivity contribution in [3.8, 4) is 0 Å². The van der Waals surface area contributed by atoms with Crippen LogP contribution in [0.25, 0.3) is 0 Å². The Balaban J connectivity index is 1.63. The Labute approximate surface area is 159 Å². The Morgan fingerprint density at radius 1 is 1.24 bits per heavy atom. The number of halogens is 1. The molecule has 4 heteroatoms. The van der Waals surface area contributed by atoms with E-state index in [-0.39, 0.29) is 16.5 Å². The largest absolute Gasteiger partial charge is 0.312 e. The van der Waals surface area contributed by atoms with Crippen LogP contribution in [-0.2, 0) is 11.2 Å². The van der Waals surface area contributed by atoms with Gasteiger partial charge in [0.2, 0.25) is 5.91 Å². The van der Waals surface area contributed by atoms with Crippen molar-refractivity contribution in [3.63, 3.8) is 0 Å². The van der Waals surface area contributed by atoms with Crippen LogP contribution in [-0.4, -0.2) is 23.1 Å². The number of fused-ring (bicyclic) bond motifs is 1. The third kappa shape index (κ3) is 4.33. The van der Waals surface area contributed by atoms with Crippen LogP contribution in [0.15, 0.2) is 18.2 Å². The molecule has 0 saturated heterocycles. The number of benzene rings is 1. The van der Waals surface area contributed by atoms with Gasteiger partial charge in [0.15, 0.2) is 5.78 Å². The molecule has 136 valence electrons. The zero-order valence-electron chi connectivity index (χ0n) is 15.1. The van der Waals surface area contributed by atoms with Crippen molar-refractivity contribution < 1.29 is 9.59 Å². The van der Waals surface area contributed by atoms with Crippen LogP contribution >= 0.6 is 15.9 Å². The Hall–Kier alpha value is -1.16. The van der Waals surface area contributed by atoms with E-state index in [0.29, 0.717) is 6.42 Å². The molecule has 0 bridgehead atoms. The molecular weight excluding hydrogens is 378 g/mol. The highest BCUT2D eigenvalue weighted by molar-refractivity contribution is 9.10. The first-order valence-electron chi connectivity index (χ1n) is 9.71. The number of Topliss-reactive ketones (excluding diaryl/α,β-unsaturated/α-hetero) is 1. The fraction of sp³-hybridized carbons (Fsp3) is 0.619. The highest BCUT2D eigenvalue weighted by atomic mass is 79.9. The van der Waals surface area contributed by atoms with Crippen molar-refractivity contribution in [1.82, 2.24) is 0 Å². The molecule has 0 N–H and O–H groups in total. The number of hydrogen-bond acceptors (Lipinski definition) is 2. The van der Waals surface area contributed by atoms with Gasteiger partial charge < -0.3 is 4.90 Å². The average molecular weight is 406 g/mol. The molecule has 0 aromatic heterocycles. The van der Waals surface area contributed by atoms with Crippen molar-refractivity contribution >= 4 is 33.3 Å². The molecule has 1 atom stereocenters. The van der Waals surface area contributed by atoms with E-state index in [9.17, 15) is 9.59 Å². The molecule has 1 fully saturated rings. The van der Waals surface area contributed by atoms with Crippen molar-refractivity contribution in [2.75, 3.05) is 11.4 Å². The predicted molar refractivity (Wildman–Crippen MR) is 106 cm³/mol. The van der Waals surface area contributed by atoms with Crippen LogP contribution in [0.1, 0.15) is 74.2 Å². The molecule has 1 saturated carbocycles. The Kier molecular flexibility index (Phi) is 6.32. The lowest BCUT2D eigenvalue weighted by atomic mass is 9.86. The molecule has 2 aliphatic rings. The van der Waals surface area contributed by atoms with E-state index in [4.69, 9.17) is 0 Å². The van der Waals surface area contributed by atoms with E-state index in [1.54, 1.807) is 0 Å². The molecule has 1 heterocycles. The fourth-order valence-corrected chi connectivity index (χ4v) is 4.38. The maximum absolute atomic E-state index is 12.7. The molecule has 25 heavy (non-hydrogen) atoms. The number of anilines is 1. The molecule has 0 spiro atoms. The number of carbonyl (C=O) groups excluding carboxylic acids is 2. The minimum absolute atomic E-state index is 0.125. The van der Waals surface area contributed by atoms with Crippen LogP contribution in [0.3, 0.4) is 0 Å². The van der Waals surface area contributed by atoms with Gasteiger partial charge in [0.1, 0.15) is 0 Å². The monoisotopic (exact) mass is 405 g/mol. The summed E-state index contributed by atoms with van der Waals surface area (Å²) in [6, 6.07) is 5.82. The van der Waals surface area contributed by atoms with E-state index in [1.807, 2.05) is 30.0 Å². The number of hydrogen-bond donors (Lipinski definition) is 0. The summed E-state index contributed by atoms with van der Waals surface area (Å²) in [5.41, 5.74) is 2.89. The predicted octanol–water partition coefficient (Wildman–Crippen LogP) is 5.29. The second-order valence-corrected chi connectivity index (χ2v) is 8.53. The summed E-state index contributed by atoms with van der Waals surface area (Å²) in [6.45, 7) is 2.75. The SMILES string of the molecule is CCC(Br)C(=O)c1ccc2c(c1)CCN2C(=O)CCC1CCCCC1. The molecule has 1 unspecified atom stereocenters. The van der Waals surface area contributed by atoms with Crippen LogP contribution in [0, 0.1) is 5.92 Å². The maximum atomic E-state index is 12.7. The fourth-order valence-electron chi connectivity index (χ4n) is 4.12. The minimum atomic E-state index is -0.125. The van der Waals surface area contributed by atoms with Crippen LogP contribution in [0.4, 0.5) is 5.69 Å². The van der Waals surface area contributed by atoms with Gasteiger partial charge in [-0.1, -0.05) is 55.0 Å². The number of nitrogens with zero attached hydrogens (tertiary/aromatic N) is 1. The van der Waals surface area contributed by atoms with E-state index < -0.39 is 0 Å². The van der Waals surface area contributed by atoms with Gasteiger partial charge in [0.25, 0.3) is 0 Å². The lowest BCUT2D eigenvalue weighted by Crippen LogP contribution is -2.29. The highest BCUT2D eigenvalue weighted by Crippen LogP contribution is 2.32. The first-order valence-corrected chi connectivity index (χ1v) is 10.6. The Bertz CT molecular complexity index is 637. The quantitative estimate of drug-likeness (QED) is 0.475. The van der Waals surface area contributed by atoms with Crippen molar-refractivity contribution in [2.45, 2.75) is 69.5 Å². The normalized spacial score (nSPS) is 18.9. The third-order valence-corrected chi connectivity index (χ3v) is 6.76. The molecule has 1 aliphatic heterocycles. The molecule has 0 radical (unpaired) electrons. The maximum Gasteiger partial charge on any atom is 0.227 e. The van der Waals surface area contributed by atoms with Gasteiger partial charge in [0.05, 0.1) is 4.83 Å².